The van der Waals surface area contributed by atoms with Crippen molar-refractivity contribution in [2.75, 3.05) is 19.6 Å². The van der Waals surface area contributed by atoms with Gasteiger partial charge >= 0.3 is 6.18 Å². The van der Waals surface area contributed by atoms with E-state index in [-0.39, 0.29) is 30.3 Å². The van der Waals surface area contributed by atoms with Crippen molar-refractivity contribution in [2.45, 2.75) is 51.7 Å². The lowest BCUT2D eigenvalue weighted by atomic mass is 9.76. The first-order valence-electron chi connectivity index (χ1n) is 7.31. The third kappa shape index (κ3) is 3.27. The fraction of sp³-hybridized carbons (Fsp3) is 0.929. The van der Waals surface area contributed by atoms with Crippen molar-refractivity contribution in [3.05, 3.63) is 0 Å². The van der Waals surface area contributed by atoms with E-state index in [1.165, 1.54) is 4.90 Å². The van der Waals surface area contributed by atoms with E-state index in [4.69, 9.17) is 0 Å². The van der Waals surface area contributed by atoms with Crippen LogP contribution in [0.2, 0.25) is 0 Å². The number of carbonyl (C=O) groups is 1. The molecule has 20 heavy (non-hydrogen) atoms. The summed E-state index contributed by atoms with van der Waals surface area (Å²) in [7, 11) is 0. The van der Waals surface area contributed by atoms with Crippen molar-refractivity contribution in [3.8, 4) is 0 Å². The number of likely N-dealkylation sites (tertiary alicyclic amines) is 1. The van der Waals surface area contributed by atoms with Gasteiger partial charge in [-0.05, 0) is 37.6 Å². The van der Waals surface area contributed by atoms with Crippen molar-refractivity contribution >= 4 is 5.91 Å². The SMILES string of the molecule is CC1(C)CCCNC1C(=O)N1CCCC(C(F)(F)F)C1. The fourth-order valence-corrected chi connectivity index (χ4v) is 3.26. The molecule has 2 unspecified atom stereocenters. The highest BCUT2D eigenvalue weighted by atomic mass is 19.4. The molecule has 2 aliphatic heterocycles. The molecule has 0 aromatic carbocycles. The number of hydrogen-bond donors (Lipinski definition) is 1. The van der Waals surface area contributed by atoms with E-state index in [2.05, 4.69) is 5.32 Å². The molecule has 2 rings (SSSR count). The molecule has 0 aromatic rings. The Labute approximate surface area is 117 Å². The van der Waals surface area contributed by atoms with Crippen molar-refractivity contribution < 1.29 is 18.0 Å². The van der Waals surface area contributed by atoms with Crippen LogP contribution in [0.15, 0.2) is 0 Å². The Morgan fingerprint density at radius 1 is 1.30 bits per heavy atom. The Hall–Kier alpha value is -0.780. The Kier molecular flexibility index (Phi) is 4.33. The maximum atomic E-state index is 12.8. The Morgan fingerprint density at radius 3 is 2.60 bits per heavy atom. The van der Waals surface area contributed by atoms with Crippen molar-refractivity contribution in [1.29, 1.82) is 0 Å². The number of nitrogens with zero attached hydrogens (tertiary/aromatic N) is 1. The van der Waals surface area contributed by atoms with Gasteiger partial charge in [0.2, 0.25) is 5.91 Å². The number of amides is 1. The van der Waals surface area contributed by atoms with Crippen LogP contribution in [0.25, 0.3) is 0 Å². The number of hydrogen-bond acceptors (Lipinski definition) is 2. The third-order valence-corrected chi connectivity index (χ3v) is 4.57. The zero-order chi connectivity index (χ0) is 15.0. The average Bonchev–Trinajstić information content (AvgIpc) is 2.37. The van der Waals surface area contributed by atoms with Crippen LogP contribution in [0.1, 0.15) is 39.5 Å². The normalized spacial score (nSPS) is 31.1. The van der Waals surface area contributed by atoms with Gasteiger partial charge in [0.25, 0.3) is 0 Å². The smallest absolute Gasteiger partial charge is 0.341 e. The molecule has 0 radical (unpaired) electrons. The summed E-state index contributed by atoms with van der Waals surface area (Å²) in [5, 5.41) is 3.19. The molecule has 0 spiro atoms. The number of rotatable bonds is 1. The van der Waals surface area contributed by atoms with Crippen LogP contribution in [0.4, 0.5) is 13.2 Å². The van der Waals surface area contributed by atoms with Gasteiger partial charge in [0.1, 0.15) is 0 Å². The van der Waals surface area contributed by atoms with Gasteiger partial charge in [-0.1, -0.05) is 13.8 Å². The molecular weight excluding hydrogens is 269 g/mol. The van der Waals surface area contributed by atoms with E-state index < -0.39 is 12.1 Å². The molecule has 3 nitrogen and oxygen atoms in total. The van der Waals surface area contributed by atoms with Gasteiger partial charge in [0.05, 0.1) is 12.0 Å². The van der Waals surface area contributed by atoms with Gasteiger partial charge in [-0.2, -0.15) is 13.2 Å². The quantitative estimate of drug-likeness (QED) is 0.805. The van der Waals surface area contributed by atoms with Crippen LogP contribution >= 0.6 is 0 Å². The summed E-state index contributed by atoms with van der Waals surface area (Å²) >= 11 is 0. The third-order valence-electron chi connectivity index (χ3n) is 4.57. The monoisotopic (exact) mass is 292 g/mol. The van der Waals surface area contributed by atoms with E-state index in [0.29, 0.717) is 13.0 Å². The summed E-state index contributed by atoms with van der Waals surface area (Å²) in [5.41, 5.74) is -0.194. The molecule has 2 fully saturated rings. The first kappa shape index (κ1) is 15.6. The summed E-state index contributed by atoms with van der Waals surface area (Å²) in [6.07, 6.45) is -1.71. The zero-order valence-corrected chi connectivity index (χ0v) is 12.1. The average molecular weight is 292 g/mol. The molecule has 116 valence electrons. The van der Waals surface area contributed by atoms with Gasteiger partial charge in [-0.15, -0.1) is 0 Å². The standard InChI is InChI=1S/C14H23F3N2O/c1-13(2)6-4-7-18-11(13)12(20)19-8-3-5-10(9-19)14(15,16)17/h10-11,18H,3-9H2,1-2H3. The topological polar surface area (TPSA) is 32.3 Å². The van der Waals surface area contributed by atoms with Gasteiger partial charge in [0.15, 0.2) is 0 Å². The largest absolute Gasteiger partial charge is 0.393 e. The van der Waals surface area contributed by atoms with Gasteiger partial charge in [0, 0.05) is 13.1 Å². The predicted octanol–water partition coefficient (Wildman–Crippen LogP) is 2.57. The van der Waals surface area contributed by atoms with E-state index in [1.54, 1.807) is 0 Å². The van der Waals surface area contributed by atoms with E-state index in [0.717, 1.165) is 19.4 Å². The van der Waals surface area contributed by atoms with Crippen LogP contribution in [0.3, 0.4) is 0 Å². The second-order valence-corrected chi connectivity index (χ2v) is 6.64. The first-order chi connectivity index (χ1) is 9.22. The lowest BCUT2D eigenvalue weighted by molar-refractivity contribution is -0.188. The van der Waals surface area contributed by atoms with Crippen LogP contribution in [0.5, 0.6) is 0 Å². The molecule has 1 N–H and O–H groups in total. The van der Waals surface area contributed by atoms with Crippen molar-refractivity contribution in [3.63, 3.8) is 0 Å². The molecule has 2 heterocycles. The number of alkyl halides is 3. The minimum Gasteiger partial charge on any atom is -0.341 e. The molecule has 0 saturated carbocycles. The van der Waals surface area contributed by atoms with Crippen molar-refractivity contribution in [2.24, 2.45) is 11.3 Å². The number of carbonyl (C=O) groups excluding carboxylic acids is 1. The lowest BCUT2D eigenvalue weighted by Crippen LogP contribution is -2.58. The molecule has 2 atom stereocenters. The second-order valence-electron chi connectivity index (χ2n) is 6.64. The van der Waals surface area contributed by atoms with Crippen LogP contribution < -0.4 is 5.32 Å². The highest BCUT2D eigenvalue weighted by Gasteiger charge is 2.45. The van der Waals surface area contributed by atoms with E-state index >= 15 is 0 Å². The summed E-state index contributed by atoms with van der Waals surface area (Å²) in [6.45, 7) is 5.03. The summed E-state index contributed by atoms with van der Waals surface area (Å²) in [6, 6.07) is -0.358. The van der Waals surface area contributed by atoms with Gasteiger partial charge in [-0.3, -0.25) is 4.79 Å². The summed E-state index contributed by atoms with van der Waals surface area (Å²) in [5.74, 6) is -1.53. The molecule has 0 aliphatic carbocycles. The molecule has 2 aliphatic rings. The maximum absolute atomic E-state index is 12.8. The highest BCUT2D eigenvalue weighted by molar-refractivity contribution is 5.83. The Bertz CT molecular complexity index is 368. The summed E-state index contributed by atoms with van der Waals surface area (Å²) < 4.78 is 38.5. The molecule has 0 bridgehead atoms. The lowest BCUT2D eigenvalue weighted by Gasteiger charge is -2.43. The van der Waals surface area contributed by atoms with Gasteiger partial charge in [-0.25, -0.2) is 0 Å². The molecule has 2 saturated heterocycles. The fourth-order valence-electron chi connectivity index (χ4n) is 3.26. The van der Waals surface area contributed by atoms with E-state index in [1.807, 2.05) is 13.8 Å². The van der Waals surface area contributed by atoms with Gasteiger partial charge < -0.3 is 10.2 Å². The second kappa shape index (κ2) is 5.54. The van der Waals surface area contributed by atoms with Crippen LogP contribution in [0, 0.1) is 11.3 Å². The summed E-state index contributed by atoms with van der Waals surface area (Å²) in [4.78, 5) is 13.9. The van der Waals surface area contributed by atoms with Crippen LogP contribution in [-0.2, 0) is 4.79 Å². The number of halogens is 3. The maximum Gasteiger partial charge on any atom is 0.393 e. The molecule has 0 aromatic heterocycles. The zero-order valence-electron chi connectivity index (χ0n) is 12.1. The highest BCUT2D eigenvalue weighted by Crippen LogP contribution is 2.35. The number of nitrogens with one attached hydrogen (secondary N) is 1. The van der Waals surface area contributed by atoms with Crippen molar-refractivity contribution in [1.82, 2.24) is 10.2 Å². The minimum atomic E-state index is -4.20. The molecule has 1 amide bonds. The van der Waals surface area contributed by atoms with E-state index in [9.17, 15) is 18.0 Å². The predicted molar refractivity (Wildman–Crippen MR) is 70.2 cm³/mol. The Morgan fingerprint density at radius 2 is 2.00 bits per heavy atom. The minimum absolute atomic E-state index is 0.134. The Balaban J connectivity index is 2.05. The first-order valence-corrected chi connectivity index (χ1v) is 7.31. The molecular formula is C14H23F3N2O. The molecule has 6 heteroatoms. The van der Waals surface area contributed by atoms with Crippen LogP contribution in [-0.4, -0.2) is 42.7 Å². The number of piperidine rings is 2.